The van der Waals surface area contributed by atoms with E-state index >= 15 is 0 Å². The summed E-state index contributed by atoms with van der Waals surface area (Å²) < 4.78 is 1.56. The second-order valence-corrected chi connectivity index (χ2v) is 5.20. The Hall–Kier alpha value is -2.70. The molecule has 22 heavy (non-hydrogen) atoms. The zero-order chi connectivity index (χ0) is 16.4. The summed E-state index contributed by atoms with van der Waals surface area (Å²) in [4.78, 5) is 24.5. The largest absolute Gasteiger partial charge is 0.480 e. The predicted octanol–water partition coefficient (Wildman–Crippen LogP) is 1.43. The Morgan fingerprint density at radius 2 is 1.82 bits per heavy atom. The van der Waals surface area contributed by atoms with Crippen LogP contribution >= 0.6 is 0 Å². The minimum absolute atomic E-state index is 0.149. The Morgan fingerprint density at radius 1 is 1.23 bits per heavy atom. The van der Waals surface area contributed by atoms with Gasteiger partial charge in [-0.15, -0.1) is 5.10 Å². The molecule has 1 amide bonds. The number of nitrogens with zero attached hydrogens (tertiary/aromatic N) is 4. The molecule has 0 spiro atoms. The number of hydrogen-bond acceptors (Lipinski definition) is 4. The first kappa shape index (κ1) is 15.7. The lowest BCUT2D eigenvalue weighted by atomic mass is 10.2. The SMILES string of the molecule is Cc1ccc(-n2nnc(C(=O)N(C)C(C)C(=O)O)c2C)cc1. The third-order valence-corrected chi connectivity index (χ3v) is 3.63. The summed E-state index contributed by atoms with van der Waals surface area (Å²) in [5, 5.41) is 16.9. The Labute approximate surface area is 128 Å². The molecular weight excluding hydrogens is 284 g/mol. The van der Waals surface area contributed by atoms with Crippen LogP contribution < -0.4 is 0 Å². The van der Waals surface area contributed by atoms with E-state index in [0.717, 1.165) is 16.2 Å². The molecule has 2 aromatic rings. The van der Waals surface area contributed by atoms with E-state index in [1.54, 1.807) is 11.6 Å². The quantitative estimate of drug-likeness (QED) is 0.923. The van der Waals surface area contributed by atoms with Gasteiger partial charge in [-0.3, -0.25) is 4.79 Å². The average Bonchev–Trinajstić information content (AvgIpc) is 2.87. The highest BCUT2D eigenvalue weighted by Crippen LogP contribution is 2.15. The fraction of sp³-hybridized carbons (Fsp3) is 0.333. The van der Waals surface area contributed by atoms with Gasteiger partial charge in [-0.1, -0.05) is 22.9 Å². The van der Waals surface area contributed by atoms with Crippen molar-refractivity contribution in [1.82, 2.24) is 19.9 Å². The molecule has 1 atom stereocenters. The molecule has 0 saturated heterocycles. The highest BCUT2D eigenvalue weighted by molar-refractivity contribution is 5.95. The molecule has 0 bridgehead atoms. The van der Waals surface area contributed by atoms with Gasteiger partial charge < -0.3 is 10.0 Å². The second kappa shape index (κ2) is 5.97. The number of carbonyl (C=O) groups excluding carboxylic acids is 1. The Balaban J connectivity index is 2.33. The van der Waals surface area contributed by atoms with Crippen LogP contribution in [-0.4, -0.2) is 50.0 Å². The number of rotatable bonds is 4. The summed E-state index contributed by atoms with van der Waals surface area (Å²) in [6, 6.07) is 6.72. The van der Waals surface area contributed by atoms with E-state index in [0.29, 0.717) is 5.69 Å². The van der Waals surface area contributed by atoms with Gasteiger partial charge in [0.2, 0.25) is 0 Å². The number of carboxylic acid groups (broad SMARTS) is 1. The van der Waals surface area contributed by atoms with E-state index < -0.39 is 17.9 Å². The number of benzene rings is 1. The molecule has 1 heterocycles. The summed E-state index contributed by atoms with van der Waals surface area (Å²) in [6.45, 7) is 5.15. The molecule has 0 radical (unpaired) electrons. The van der Waals surface area contributed by atoms with Crippen molar-refractivity contribution >= 4 is 11.9 Å². The normalized spacial score (nSPS) is 12.0. The number of carbonyl (C=O) groups is 2. The molecule has 1 aromatic heterocycles. The Kier molecular flexibility index (Phi) is 4.25. The molecule has 0 fully saturated rings. The molecular formula is C15H18N4O3. The minimum Gasteiger partial charge on any atom is -0.480 e. The van der Waals surface area contributed by atoms with Crippen molar-refractivity contribution in [2.75, 3.05) is 7.05 Å². The fourth-order valence-corrected chi connectivity index (χ4v) is 1.97. The highest BCUT2D eigenvalue weighted by Gasteiger charge is 2.27. The zero-order valence-electron chi connectivity index (χ0n) is 12.9. The Bertz CT molecular complexity index is 706. The molecule has 2 rings (SSSR count). The van der Waals surface area contributed by atoms with Crippen molar-refractivity contribution in [3.8, 4) is 5.69 Å². The molecule has 0 aliphatic carbocycles. The van der Waals surface area contributed by atoms with Crippen LogP contribution in [0, 0.1) is 13.8 Å². The van der Waals surface area contributed by atoms with E-state index in [2.05, 4.69) is 10.3 Å². The van der Waals surface area contributed by atoms with Crippen molar-refractivity contribution in [2.45, 2.75) is 26.8 Å². The van der Waals surface area contributed by atoms with Crippen LogP contribution in [0.4, 0.5) is 0 Å². The molecule has 1 aromatic carbocycles. The van der Waals surface area contributed by atoms with Gasteiger partial charge in [0.1, 0.15) is 6.04 Å². The van der Waals surface area contributed by atoms with Crippen molar-refractivity contribution in [3.63, 3.8) is 0 Å². The van der Waals surface area contributed by atoms with Gasteiger partial charge in [0.25, 0.3) is 5.91 Å². The van der Waals surface area contributed by atoms with Crippen LogP contribution in [0.5, 0.6) is 0 Å². The number of likely N-dealkylation sites (N-methyl/N-ethyl adjacent to an activating group) is 1. The molecule has 1 N–H and O–H groups in total. The van der Waals surface area contributed by atoms with Gasteiger partial charge in [0, 0.05) is 7.05 Å². The maximum Gasteiger partial charge on any atom is 0.326 e. The fourth-order valence-electron chi connectivity index (χ4n) is 1.97. The Morgan fingerprint density at radius 3 is 2.36 bits per heavy atom. The van der Waals surface area contributed by atoms with Crippen molar-refractivity contribution in [1.29, 1.82) is 0 Å². The molecule has 7 heteroatoms. The van der Waals surface area contributed by atoms with Gasteiger partial charge in [-0.2, -0.15) is 0 Å². The van der Waals surface area contributed by atoms with Gasteiger partial charge >= 0.3 is 5.97 Å². The van der Waals surface area contributed by atoms with Gasteiger partial charge in [-0.05, 0) is 32.9 Å². The molecule has 1 unspecified atom stereocenters. The standard InChI is InChI=1S/C15H18N4O3/c1-9-5-7-12(8-6-9)19-10(2)13(16-17-19)14(20)18(4)11(3)15(21)22/h5-8,11H,1-4H3,(H,21,22). The van der Waals surface area contributed by atoms with E-state index in [4.69, 9.17) is 5.11 Å². The first-order chi connectivity index (χ1) is 10.3. The van der Waals surface area contributed by atoms with Crippen molar-refractivity contribution < 1.29 is 14.7 Å². The van der Waals surface area contributed by atoms with Crippen molar-refractivity contribution in [3.05, 3.63) is 41.2 Å². The monoisotopic (exact) mass is 302 g/mol. The maximum absolute atomic E-state index is 12.4. The van der Waals surface area contributed by atoms with Crippen LogP contribution in [0.1, 0.15) is 28.7 Å². The highest BCUT2D eigenvalue weighted by atomic mass is 16.4. The van der Waals surface area contributed by atoms with E-state index in [9.17, 15) is 9.59 Å². The number of aliphatic carboxylic acids is 1. The first-order valence-electron chi connectivity index (χ1n) is 6.82. The summed E-state index contributed by atoms with van der Waals surface area (Å²) in [7, 11) is 1.44. The van der Waals surface area contributed by atoms with E-state index in [-0.39, 0.29) is 5.69 Å². The van der Waals surface area contributed by atoms with E-state index in [1.165, 1.54) is 14.0 Å². The molecule has 0 aliphatic rings. The third kappa shape index (κ3) is 2.83. The summed E-state index contributed by atoms with van der Waals surface area (Å²) in [5.41, 5.74) is 2.63. The molecule has 0 saturated carbocycles. The minimum atomic E-state index is -1.07. The topological polar surface area (TPSA) is 88.3 Å². The summed E-state index contributed by atoms with van der Waals surface area (Å²) >= 11 is 0. The predicted molar refractivity (Wildman–Crippen MR) is 80.0 cm³/mol. The number of aryl methyl sites for hydroxylation is 1. The lowest BCUT2D eigenvalue weighted by Gasteiger charge is -2.20. The van der Waals surface area contributed by atoms with E-state index in [1.807, 2.05) is 31.2 Å². The lowest BCUT2D eigenvalue weighted by Crippen LogP contribution is -2.40. The summed E-state index contributed by atoms with van der Waals surface area (Å²) in [5.74, 6) is -1.54. The number of carboxylic acids is 1. The zero-order valence-corrected chi connectivity index (χ0v) is 12.9. The third-order valence-electron chi connectivity index (χ3n) is 3.63. The molecule has 116 valence electrons. The number of aromatic nitrogens is 3. The number of hydrogen-bond donors (Lipinski definition) is 1. The maximum atomic E-state index is 12.4. The second-order valence-electron chi connectivity index (χ2n) is 5.20. The number of amides is 1. The van der Waals surface area contributed by atoms with Crippen molar-refractivity contribution in [2.24, 2.45) is 0 Å². The average molecular weight is 302 g/mol. The summed E-state index contributed by atoms with van der Waals surface area (Å²) in [6.07, 6.45) is 0. The van der Waals surface area contributed by atoms with Gasteiger partial charge in [0.05, 0.1) is 11.4 Å². The van der Waals surface area contributed by atoms with Crippen LogP contribution in [0.2, 0.25) is 0 Å². The lowest BCUT2D eigenvalue weighted by molar-refractivity contribution is -0.141. The first-order valence-corrected chi connectivity index (χ1v) is 6.82. The van der Waals surface area contributed by atoms with Crippen LogP contribution in [-0.2, 0) is 4.79 Å². The molecule has 0 aliphatic heterocycles. The van der Waals surface area contributed by atoms with Gasteiger partial charge in [0.15, 0.2) is 5.69 Å². The van der Waals surface area contributed by atoms with Crippen LogP contribution in [0.15, 0.2) is 24.3 Å². The molecule has 7 nitrogen and oxygen atoms in total. The van der Waals surface area contributed by atoms with Crippen LogP contribution in [0.3, 0.4) is 0 Å². The van der Waals surface area contributed by atoms with Crippen LogP contribution in [0.25, 0.3) is 5.69 Å². The smallest absolute Gasteiger partial charge is 0.326 e. The van der Waals surface area contributed by atoms with Gasteiger partial charge in [-0.25, -0.2) is 9.48 Å².